The number of hydrogen-bond acceptors (Lipinski definition) is 1. The number of alkyl halides is 3. The normalized spacial score (nSPS) is 11.9. The van der Waals surface area contributed by atoms with Crippen molar-refractivity contribution in [3.63, 3.8) is 0 Å². The summed E-state index contributed by atoms with van der Waals surface area (Å²) in [7, 11) is 1.81. The summed E-state index contributed by atoms with van der Waals surface area (Å²) in [6.07, 6.45) is -4.38. The van der Waals surface area contributed by atoms with Gasteiger partial charge < -0.3 is 10.3 Å². The molecule has 0 saturated heterocycles. The molecule has 0 atom stereocenters. The van der Waals surface area contributed by atoms with Crippen molar-refractivity contribution in [2.45, 2.75) is 13.1 Å². The Morgan fingerprint density at radius 1 is 1.05 bits per heavy atom. The van der Waals surface area contributed by atoms with E-state index in [1.807, 2.05) is 32.2 Å². The fraction of sp³-hybridized carbons (Fsp3) is 0.176. The van der Waals surface area contributed by atoms with Crippen LogP contribution in [0, 0.1) is 6.92 Å². The van der Waals surface area contributed by atoms with Gasteiger partial charge in [-0.15, -0.1) is 0 Å². The van der Waals surface area contributed by atoms with Crippen molar-refractivity contribution in [3.05, 3.63) is 53.6 Å². The third-order valence-electron chi connectivity index (χ3n) is 3.85. The summed E-state index contributed by atoms with van der Waals surface area (Å²) >= 11 is 0. The predicted molar refractivity (Wildman–Crippen MR) is 83.0 cm³/mol. The minimum absolute atomic E-state index is 0.176. The van der Waals surface area contributed by atoms with Crippen molar-refractivity contribution in [3.8, 4) is 11.3 Å². The molecule has 0 aliphatic heterocycles. The third-order valence-corrected chi connectivity index (χ3v) is 3.85. The molecule has 22 heavy (non-hydrogen) atoms. The molecule has 114 valence electrons. The molecule has 5 heteroatoms. The number of nitrogens with one attached hydrogen (secondary N) is 2. The summed E-state index contributed by atoms with van der Waals surface area (Å²) in [6.45, 7) is 1.83. The molecule has 2 aromatic carbocycles. The third kappa shape index (κ3) is 2.32. The molecule has 0 bridgehead atoms. The van der Waals surface area contributed by atoms with Crippen LogP contribution in [0.5, 0.6) is 0 Å². The SMILES string of the molecule is CNc1ccc2[nH]c(-c3ccccc3C(F)(F)F)c(C)c2c1. The molecule has 3 aromatic rings. The smallest absolute Gasteiger partial charge is 0.388 e. The Hall–Kier alpha value is -2.43. The maximum atomic E-state index is 13.2. The highest BCUT2D eigenvalue weighted by Crippen LogP contribution is 2.39. The van der Waals surface area contributed by atoms with Crippen molar-refractivity contribution < 1.29 is 13.2 Å². The van der Waals surface area contributed by atoms with E-state index in [0.29, 0.717) is 5.69 Å². The number of aryl methyl sites for hydroxylation is 1. The second-order valence-corrected chi connectivity index (χ2v) is 5.18. The van der Waals surface area contributed by atoms with E-state index in [0.717, 1.165) is 28.2 Å². The Labute approximate surface area is 126 Å². The van der Waals surface area contributed by atoms with Crippen LogP contribution in [-0.2, 0) is 6.18 Å². The van der Waals surface area contributed by atoms with Crippen LogP contribution >= 0.6 is 0 Å². The van der Waals surface area contributed by atoms with Gasteiger partial charge in [0.15, 0.2) is 0 Å². The molecule has 3 rings (SSSR count). The molecular formula is C17H15F3N2. The maximum Gasteiger partial charge on any atom is 0.417 e. The summed E-state index contributed by atoms with van der Waals surface area (Å²) in [5.74, 6) is 0. The molecule has 0 fully saturated rings. The van der Waals surface area contributed by atoms with E-state index < -0.39 is 11.7 Å². The zero-order valence-corrected chi connectivity index (χ0v) is 12.2. The molecule has 0 spiro atoms. The second kappa shape index (κ2) is 5.09. The predicted octanol–water partition coefficient (Wildman–Crippen LogP) is 5.20. The highest BCUT2D eigenvalue weighted by Gasteiger charge is 2.34. The van der Waals surface area contributed by atoms with Crippen LogP contribution in [-0.4, -0.2) is 12.0 Å². The van der Waals surface area contributed by atoms with Crippen molar-refractivity contribution in [2.75, 3.05) is 12.4 Å². The summed E-state index contributed by atoms with van der Waals surface area (Å²) in [5, 5.41) is 3.95. The van der Waals surface area contributed by atoms with Gasteiger partial charge in [0.25, 0.3) is 0 Å². The number of aromatic amines is 1. The van der Waals surface area contributed by atoms with E-state index in [1.54, 1.807) is 6.07 Å². The number of anilines is 1. The van der Waals surface area contributed by atoms with Gasteiger partial charge in [0.05, 0.1) is 11.3 Å². The summed E-state index contributed by atoms with van der Waals surface area (Å²) in [5.41, 5.74) is 2.61. The van der Waals surface area contributed by atoms with Gasteiger partial charge in [-0.05, 0) is 36.8 Å². The number of benzene rings is 2. The molecule has 0 aliphatic carbocycles. The fourth-order valence-electron chi connectivity index (χ4n) is 2.70. The molecular weight excluding hydrogens is 289 g/mol. The number of hydrogen-bond donors (Lipinski definition) is 2. The van der Waals surface area contributed by atoms with E-state index in [4.69, 9.17) is 0 Å². The van der Waals surface area contributed by atoms with Crippen molar-refractivity contribution >= 4 is 16.6 Å². The minimum Gasteiger partial charge on any atom is -0.388 e. The first kappa shape index (κ1) is 14.5. The van der Waals surface area contributed by atoms with E-state index in [-0.39, 0.29) is 5.56 Å². The van der Waals surface area contributed by atoms with Crippen LogP contribution < -0.4 is 5.32 Å². The van der Waals surface area contributed by atoms with Gasteiger partial charge in [-0.3, -0.25) is 0 Å². The number of aromatic nitrogens is 1. The topological polar surface area (TPSA) is 27.8 Å². The molecule has 0 amide bonds. The van der Waals surface area contributed by atoms with Crippen LogP contribution in [0.15, 0.2) is 42.5 Å². The molecule has 2 nitrogen and oxygen atoms in total. The Balaban J connectivity index is 2.26. The van der Waals surface area contributed by atoms with Gasteiger partial charge in [-0.1, -0.05) is 18.2 Å². The number of H-pyrrole nitrogens is 1. The lowest BCUT2D eigenvalue weighted by atomic mass is 10.0. The van der Waals surface area contributed by atoms with Crippen molar-refractivity contribution in [2.24, 2.45) is 0 Å². The molecule has 0 saturated carbocycles. The molecule has 0 unspecified atom stereocenters. The lowest BCUT2D eigenvalue weighted by Crippen LogP contribution is -2.07. The zero-order chi connectivity index (χ0) is 15.9. The van der Waals surface area contributed by atoms with E-state index in [1.165, 1.54) is 12.1 Å². The van der Waals surface area contributed by atoms with E-state index in [2.05, 4.69) is 10.3 Å². The summed E-state index contributed by atoms with van der Waals surface area (Å²) in [4.78, 5) is 3.12. The van der Waals surface area contributed by atoms with Gasteiger partial charge in [-0.2, -0.15) is 13.2 Å². The molecule has 1 aromatic heterocycles. The second-order valence-electron chi connectivity index (χ2n) is 5.18. The largest absolute Gasteiger partial charge is 0.417 e. The van der Waals surface area contributed by atoms with Gasteiger partial charge in [0.2, 0.25) is 0 Å². The molecule has 1 heterocycles. The highest BCUT2D eigenvalue weighted by atomic mass is 19.4. The number of halogens is 3. The molecule has 0 aliphatic rings. The number of fused-ring (bicyclic) bond motifs is 1. The zero-order valence-electron chi connectivity index (χ0n) is 12.2. The summed E-state index contributed by atoms with van der Waals surface area (Å²) in [6, 6.07) is 11.3. The van der Waals surface area contributed by atoms with Gasteiger partial charge in [-0.25, -0.2) is 0 Å². The fourth-order valence-corrected chi connectivity index (χ4v) is 2.70. The maximum absolute atomic E-state index is 13.2. The Bertz CT molecular complexity index is 832. The molecule has 2 N–H and O–H groups in total. The van der Waals surface area contributed by atoms with Crippen LogP contribution in [0.1, 0.15) is 11.1 Å². The lowest BCUT2D eigenvalue weighted by Gasteiger charge is -2.12. The van der Waals surface area contributed by atoms with Gasteiger partial charge >= 0.3 is 6.18 Å². The first-order valence-electron chi connectivity index (χ1n) is 6.88. The average Bonchev–Trinajstić information content (AvgIpc) is 2.83. The van der Waals surface area contributed by atoms with Crippen molar-refractivity contribution in [1.82, 2.24) is 4.98 Å². The monoisotopic (exact) mass is 304 g/mol. The van der Waals surface area contributed by atoms with E-state index in [9.17, 15) is 13.2 Å². The molecule has 0 radical (unpaired) electrons. The van der Waals surface area contributed by atoms with Crippen LogP contribution in [0.2, 0.25) is 0 Å². The minimum atomic E-state index is -4.38. The van der Waals surface area contributed by atoms with Crippen LogP contribution in [0.25, 0.3) is 22.2 Å². The average molecular weight is 304 g/mol. The highest BCUT2D eigenvalue weighted by molar-refractivity contribution is 5.93. The first-order chi connectivity index (χ1) is 10.4. The Morgan fingerprint density at radius 2 is 1.77 bits per heavy atom. The lowest BCUT2D eigenvalue weighted by molar-refractivity contribution is -0.137. The summed E-state index contributed by atoms with van der Waals surface area (Å²) < 4.78 is 39.6. The quantitative estimate of drug-likeness (QED) is 0.669. The van der Waals surface area contributed by atoms with Crippen molar-refractivity contribution in [1.29, 1.82) is 0 Å². The van der Waals surface area contributed by atoms with Gasteiger partial charge in [0.1, 0.15) is 0 Å². The Kier molecular flexibility index (Phi) is 3.35. The van der Waals surface area contributed by atoms with E-state index >= 15 is 0 Å². The van der Waals surface area contributed by atoms with Gasteiger partial charge in [0, 0.05) is 29.2 Å². The number of rotatable bonds is 2. The van der Waals surface area contributed by atoms with Crippen LogP contribution in [0.4, 0.5) is 18.9 Å². The first-order valence-corrected chi connectivity index (χ1v) is 6.88. The Morgan fingerprint density at radius 3 is 2.45 bits per heavy atom. The standard InChI is InChI=1S/C17H15F3N2/c1-10-13-9-11(21-2)7-8-15(13)22-16(10)12-5-3-4-6-14(12)17(18,19)20/h3-9,21-22H,1-2H3. The van der Waals surface area contributed by atoms with Crippen LogP contribution in [0.3, 0.4) is 0 Å².